The summed E-state index contributed by atoms with van der Waals surface area (Å²) in [4.78, 5) is 24.6. The topological polar surface area (TPSA) is 66.8 Å². The van der Waals surface area contributed by atoms with Crippen molar-refractivity contribution in [1.82, 2.24) is 4.90 Å². The van der Waals surface area contributed by atoms with Crippen LogP contribution in [0.2, 0.25) is 0 Å². The van der Waals surface area contributed by atoms with Gasteiger partial charge in [-0.3, -0.25) is 4.79 Å². The van der Waals surface area contributed by atoms with Crippen LogP contribution in [0.4, 0.5) is 0 Å². The van der Waals surface area contributed by atoms with Crippen LogP contribution >= 0.6 is 0 Å². The van der Waals surface area contributed by atoms with E-state index in [0.29, 0.717) is 18.9 Å². The van der Waals surface area contributed by atoms with E-state index in [-0.39, 0.29) is 23.4 Å². The van der Waals surface area contributed by atoms with Gasteiger partial charge in [0.1, 0.15) is 12.4 Å². The molecule has 2 rings (SSSR count). The van der Waals surface area contributed by atoms with E-state index >= 15 is 0 Å². The van der Waals surface area contributed by atoms with Gasteiger partial charge in [-0.1, -0.05) is 19.9 Å². The maximum atomic E-state index is 11.8. The highest BCUT2D eigenvalue weighted by Gasteiger charge is 2.29. The number of hydrogen-bond acceptors (Lipinski definition) is 3. The molecular weight excluding hydrogens is 258 g/mol. The van der Waals surface area contributed by atoms with Crippen LogP contribution in [-0.4, -0.2) is 34.5 Å². The molecule has 0 aliphatic carbocycles. The molecule has 0 spiro atoms. The van der Waals surface area contributed by atoms with E-state index in [0.717, 1.165) is 5.56 Å². The van der Waals surface area contributed by atoms with Gasteiger partial charge in [-0.25, -0.2) is 4.79 Å². The van der Waals surface area contributed by atoms with Crippen LogP contribution in [-0.2, 0) is 11.3 Å². The summed E-state index contributed by atoms with van der Waals surface area (Å²) in [6.07, 6.45) is 0. The number of hydrogen-bond donors (Lipinski definition) is 1. The number of fused-ring (bicyclic) bond motifs is 1. The van der Waals surface area contributed by atoms with Gasteiger partial charge in [-0.15, -0.1) is 0 Å². The van der Waals surface area contributed by atoms with Crippen molar-refractivity contribution in [3.05, 3.63) is 29.3 Å². The Labute approximate surface area is 118 Å². The molecule has 1 N–H and O–H groups in total. The lowest BCUT2D eigenvalue weighted by Gasteiger charge is -2.31. The average molecular weight is 277 g/mol. The van der Waals surface area contributed by atoms with Crippen LogP contribution in [0.3, 0.4) is 0 Å². The van der Waals surface area contributed by atoms with Gasteiger partial charge >= 0.3 is 5.97 Å². The summed E-state index contributed by atoms with van der Waals surface area (Å²) in [5.41, 5.74) is 1.04. The molecule has 0 radical (unpaired) electrons. The minimum Gasteiger partial charge on any atom is -0.491 e. The second-order valence-corrected chi connectivity index (χ2v) is 5.40. The molecule has 1 atom stereocenters. The molecule has 1 heterocycles. The van der Waals surface area contributed by atoms with Crippen LogP contribution in [0, 0.1) is 5.92 Å². The molecule has 0 aromatic heterocycles. The molecule has 0 fully saturated rings. The number of carboxylic acid groups (broad SMARTS) is 1. The summed E-state index contributed by atoms with van der Waals surface area (Å²) in [6.45, 7) is 6.47. The molecule has 1 aliphatic heterocycles. The third kappa shape index (κ3) is 2.76. The van der Waals surface area contributed by atoms with E-state index in [1.54, 1.807) is 24.0 Å². The maximum Gasteiger partial charge on any atom is 0.335 e. The minimum absolute atomic E-state index is 0.00228. The van der Waals surface area contributed by atoms with Crippen molar-refractivity contribution in [3.8, 4) is 5.75 Å². The summed E-state index contributed by atoms with van der Waals surface area (Å²) < 4.78 is 5.74. The summed E-state index contributed by atoms with van der Waals surface area (Å²) in [7, 11) is 0. The normalized spacial score (nSPS) is 18.2. The Morgan fingerprint density at radius 3 is 2.65 bits per heavy atom. The number of carbonyl (C=O) groups is 2. The fourth-order valence-electron chi connectivity index (χ4n) is 2.42. The lowest BCUT2D eigenvalue weighted by Crippen LogP contribution is -2.43. The molecule has 20 heavy (non-hydrogen) atoms. The second kappa shape index (κ2) is 5.53. The fourth-order valence-corrected chi connectivity index (χ4v) is 2.42. The number of nitrogens with zero attached hydrogens (tertiary/aromatic N) is 1. The van der Waals surface area contributed by atoms with Gasteiger partial charge in [-0.05, 0) is 18.1 Å². The number of benzene rings is 1. The summed E-state index contributed by atoms with van der Waals surface area (Å²) in [5, 5.41) is 9.02. The molecular formula is C15H19NO4. The lowest BCUT2D eigenvalue weighted by molar-refractivity contribution is -0.133. The standard InChI is InChI=1S/C15H19NO4/c1-9(2)13-8-20-14-6-11(15(18)19)4-5-12(14)7-16(13)10(3)17/h4-6,9,13H,7-8H2,1-3H3,(H,18,19). The van der Waals surface area contributed by atoms with Gasteiger partial charge in [0.15, 0.2) is 0 Å². The number of carboxylic acids is 1. The third-order valence-corrected chi connectivity index (χ3v) is 3.64. The van der Waals surface area contributed by atoms with Crippen LogP contribution in [0.15, 0.2) is 18.2 Å². The van der Waals surface area contributed by atoms with Gasteiger partial charge in [-0.2, -0.15) is 0 Å². The highest BCUT2D eigenvalue weighted by atomic mass is 16.5. The number of ether oxygens (including phenoxy) is 1. The zero-order chi connectivity index (χ0) is 14.9. The van der Waals surface area contributed by atoms with Crippen molar-refractivity contribution >= 4 is 11.9 Å². The zero-order valence-electron chi connectivity index (χ0n) is 11.9. The van der Waals surface area contributed by atoms with Gasteiger partial charge in [0.05, 0.1) is 11.6 Å². The van der Waals surface area contributed by atoms with Crippen molar-refractivity contribution in [2.24, 2.45) is 5.92 Å². The molecule has 1 aromatic carbocycles. The Hall–Kier alpha value is -2.04. The first-order valence-electron chi connectivity index (χ1n) is 6.66. The van der Waals surface area contributed by atoms with Crippen molar-refractivity contribution in [1.29, 1.82) is 0 Å². The van der Waals surface area contributed by atoms with E-state index in [1.807, 2.05) is 13.8 Å². The van der Waals surface area contributed by atoms with Crippen LogP contribution in [0.5, 0.6) is 5.75 Å². The van der Waals surface area contributed by atoms with Crippen molar-refractivity contribution in [2.45, 2.75) is 33.4 Å². The van der Waals surface area contributed by atoms with Crippen molar-refractivity contribution in [2.75, 3.05) is 6.61 Å². The molecule has 1 unspecified atom stereocenters. The van der Waals surface area contributed by atoms with E-state index in [9.17, 15) is 9.59 Å². The van der Waals surface area contributed by atoms with Gasteiger partial charge in [0.25, 0.3) is 0 Å². The molecule has 0 saturated heterocycles. The molecule has 1 aliphatic rings. The Balaban J connectivity index is 2.37. The SMILES string of the molecule is CC(=O)N1Cc2ccc(C(=O)O)cc2OCC1C(C)C. The summed E-state index contributed by atoms with van der Waals surface area (Å²) >= 11 is 0. The largest absolute Gasteiger partial charge is 0.491 e. The van der Waals surface area contributed by atoms with Crippen LogP contribution in [0.1, 0.15) is 36.7 Å². The molecule has 108 valence electrons. The Bertz CT molecular complexity index is 539. The molecule has 0 saturated carbocycles. The number of rotatable bonds is 2. The van der Waals surface area contributed by atoms with Crippen molar-refractivity contribution < 1.29 is 19.4 Å². The first-order valence-corrected chi connectivity index (χ1v) is 6.66. The van der Waals surface area contributed by atoms with Gasteiger partial charge < -0.3 is 14.7 Å². The summed E-state index contributed by atoms with van der Waals surface area (Å²) in [5.74, 6) is -0.154. The maximum absolute atomic E-state index is 11.8. The molecule has 5 nitrogen and oxygen atoms in total. The number of amides is 1. The van der Waals surface area contributed by atoms with E-state index in [4.69, 9.17) is 9.84 Å². The fraction of sp³-hybridized carbons (Fsp3) is 0.467. The third-order valence-electron chi connectivity index (χ3n) is 3.64. The Kier molecular flexibility index (Phi) is 3.97. The van der Waals surface area contributed by atoms with E-state index < -0.39 is 5.97 Å². The quantitative estimate of drug-likeness (QED) is 0.899. The lowest BCUT2D eigenvalue weighted by atomic mass is 10.0. The first kappa shape index (κ1) is 14.4. The second-order valence-electron chi connectivity index (χ2n) is 5.40. The highest BCUT2D eigenvalue weighted by Crippen LogP contribution is 2.28. The molecule has 1 aromatic rings. The predicted octanol–water partition coefficient (Wildman–Crippen LogP) is 2.15. The van der Waals surface area contributed by atoms with Crippen LogP contribution in [0.25, 0.3) is 0 Å². The van der Waals surface area contributed by atoms with Crippen LogP contribution < -0.4 is 4.74 Å². The van der Waals surface area contributed by atoms with E-state index in [2.05, 4.69) is 0 Å². The average Bonchev–Trinajstić information content (AvgIpc) is 2.56. The number of aromatic carboxylic acids is 1. The smallest absolute Gasteiger partial charge is 0.335 e. The van der Waals surface area contributed by atoms with E-state index in [1.165, 1.54) is 6.07 Å². The van der Waals surface area contributed by atoms with Gasteiger partial charge in [0.2, 0.25) is 5.91 Å². The Morgan fingerprint density at radius 2 is 2.10 bits per heavy atom. The van der Waals surface area contributed by atoms with Gasteiger partial charge in [0, 0.05) is 19.0 Å². The summed E-state index contributed by atoms with van der Waals surface area (Å²) in [6, 6.07) is 4.78. The predicted molar refractivity (Wildman–Crippen MR) is 73.7 cm³/mol. The van der Waals surface area contributed by atoms with Crippen molar-refractivity contribution in [3.63, 3.8) is 0 Å². The highest BCUT2D eigenvalue weighted by molar-refractivity contribution is 5.88. The Morgan fingerprint density at radius 1 is 1.40 bits per heavy atom. The molecule has 5 heteroatoms. The minimum atomic E-state index is -0.982. The zero-order valence-corrected chi connectivity index (χ0v) is 11.9. The molecule has 0 bridgehead atoms. The monoisotopic (exact) mass is 277 g/mol. The number of carbonyl (C=O) groups excluding carboxylic acids is 1. The first-order chi connectivity index (χ1) is 9.40. The molecule has 1 amide bonds.